The van der Waals surface area contributed by atoms with E-state index >= 15 is 0 Å². The predicted molar refractivity (Wildman–Crippen MR) is 132 cm³/mol. The average molecular weight is 562 g/mol. The van der Waals surface area contributed by atoms with Crippen LogP contribution in [0.15, 0.2) is 74.8 Å². The third-order valence-electron chi connectivity index (χ3n) is 4.98. The van der Waals surface area contributed by atoms with Crippen LogP contribution in [-0.4, -0.2) is 21.9 Å². The minimum Gasteiger partial charge on any atom is -0.508 e. The van der Waals surface area contributed by atoms with Crippen LogP contribution in [-0.2, 0) is 4.79 Å². The molecule has 8 heteroatoms. The van der Waals surface area contributed by atoms with Crippen molar-refractivity contribution in [3.63, 3.8) is 0 Å². The largest absolute Gasteiger partial charge is 0.508 e. The predicted octanol–water partition coefficient (Wildman–Crippen LogP) is 7.04. The first kappa shape index (κ1) is 23.8. The Morgan fingerprint density at radius 1 is 1.09 bits per heavy atom. The summed E-state index contributed by atoms with van der Waals surface area (Å²) in [6.45, 7) is 4.09. The lowest BCUT2D eigenvalue weighted by atomic mass is 9.97. The Kier molecular flexibility index (Phi) is 7.93. The molecule has 0 saturated carbocycles. The number of halogens is 2. The van der Waals surface area contributed by atoms with E-state index in [4.69, 9.17) is 4.74 Å². The highest BCUT2D eigenvalue weighted by atomic mass is 79.9. The summed E-state index contributed by atoms with van der Waals surface area (Å²) in [4.78, 5) is 12.6. The van der Waals surface area contributed by atoms with Gasteiger partial charge in [0.05, 0.1) is 8.95 Å². The van der Waals surface area contributed by atoms with Gasteiger partial charge in [-0.05, 0) is 86.7 Å². The summed E-state index contributed by atoms with van der Waals surface area (Å²) in [6, 6.07) is 17.3. The van der Waals surface area contributed by atoms with Gasteiger partial charge in [0, 0.05) is 16.8 Å². The van der Waals surface area contributed by atoms with E-state index in [0.29, 0.717) is 31.7 Å². The third-order valence-corrected chi connectivity index (χ3v) is 6.16. The quantitative estimate of drug-likeness (QED) is 0.164. The molecule has 3 aromatic carbocycles. The highest BCUT2D eigenvalue weighted by Gasteiger charge is 2.20. The molecule has 0 fully saturated rings. The number of rotatable bonds is 7. The second kappa shape index (κ2) is 10.7. The number of nitrogens with one attached hydrogen (secondary N) is 1. The number of amides is 1. The van der Waals surface area contributed by atoms with Gasteiger partial charge in [-0.1, -0.05) is 37.2 Å². The summed E-state index contributed by atoms with van der Waals surface area (Å²) in [6.07, 6.45) is 0.882. The van der Waals surface area contributed by atoms with E-state index in [1.807, 2.05) is 19.1 Å². The highest BCUT2D eigenvalue weighted by molar-refractivity contribution is 9.11. The van der Waals surface area contributed by atoms with Crippen molar-refractivity contribution in [3.8, 4) is 17.2 Å². The Labute approximate surface area is 203 Å². The van der Waals surface area contributed by atoms with E-state index < -0.39 is 5.91 Å². The van der Waals surface area contributed by atoms with Gasteiger partial charge in [0.1, 0.15) is 11.5 Å². The Bertz CT molecular complexity index is 1130. The molecule has 1 amide bonds. The standard InChI is InChI=1S/C24H22Br2N2O4/c1-3-14(2)18-13-17(9-10-21(18)29)32-23-19(25)11-15(12-20(23)26)22(28-31)24(30)27-16-7-5-4-6-8-16/h4-14,29,31H,3H2,1-2H3,(H,27,30)/b28-22+. The summed E-state index contributed by atoms with van der Waals surface area (Å²) < 4.78 is 7.15. The van der Waals surface area contributed by atoms with Crippen molar-refractivity contribution < 1.29 is 19.8 Å². The summed E-state index contributed by atoms with van der Waals surface area (Å²) in [5, 5.41) is 25.5. The number of benzene rings is 3. The second-order valence-electron chi connectivity index (χ2n) is 7.17. The number of carbonyl (C=O) groups excluding carboxylic acids is 1. The minimum atomic E-state index is -0.553. The molecule has 166 valence electrons. The van der Waals surface area contributed by atoms with Crippen LogP contribution in [0.1, 0.15) is 37.3 Å². The summed E-state index contributed by atoms with van der Waals surface area (Å²) in [7, 11) is 0. The number of nitrogens with zero attached hydrogens (tertiary/aromatic N) is 1. The van der Waals surface area contributed by atoms with Crippen molar-refractivity contribution in [2.24, 2.45) is 5.16 Å². The van der Waals surface area contributed by atoms with Crippen LogP contribution in [0, 0.1) is 0 Å². The van der Waals surface area contributed by atoms with Gasteiger partial charge in [-0.15, -0.1) is 0 Å². The van der Waals surface area contributed by atoms with Crippen LogP contribution < -0.4 is 10.1 Å². The molecule has 1 atom stereocenters. The van der Waals surface area contributed by atoms with Crippen LogP contribution in [0.4, 0.5) is 5.69 Å². The fourth-order valence-electron chi connectivity index (χ4n) is 3.07. The number of carbonyl (C=O) groups is 1. The lowest BCUT2D eigenvalue weighted by molar-refractivity contribution is -0.110. The highest BCUT2D eigenvalue weighted by Crippen LogP contribution is 2.40. The van der Waals surface area contributed by atoms with E-state index in [0.717, 1.165) is 12.0 Å². The lowest BCUT2D eigenvalue weighted by Gasteiger charge is -2.16. The second-order valence-corrected chi connectivity index (χ2v) is 8.88. The van der Waals surface area contributed by atoms with E-state index in [2.05, 4.69) is 49.3 Å². The van der Waals surface area contributed by atoms with Gasteiger partial charge in [-0.25, -0.2) is 0 Å². The Hall–Kier alpha value is -2.84. The van der Waals surface area contributed by atoms with Crippen LogP contribution in [0.5, 0.6) is 17.2 Å². The van der Waals surface area contributed by atoms with Crippen molar-refractivity contribution in [1.29, 1.82) is 0 Å². The zero-order chi connectivity index (χ0) is 23.3. The Morgan fingerprint density at radius 2 is 1.75 bits per heavy atom. The molecule has 32 heavy (non-hydrogen) atoms. The van der Waals surface area contributed by atoms with Crippen molar-refractivity contribution in [3.05, 3.63) is 80.7 Å². The van der Waals surface area contributed by atoms with Crippen LogP contribution in [0.2, 0.25) is 0 Å². The lowest BCUT2D eigenvalue weighted by Crippen LogP contribution is -2.24. The molecule has 0 aliphatic heterocycles. The van der Waals surface area contributed by atoms with E-state index in [9.17, 15) is 15.1 Å². The molecule has 0 aromatic heterocycles. The zero-order valence-electron chi connectivity index (χ0n) is 17.5. The molecular weight excluding hydrogens is 540 g/mol. The molecule has 0 aliphatic carbocycles. The molecule has 0 heterocycles. The average Bonchev–Trinajstić information content (AvgIpc) is 2.78. The van der Waals surface area contributed by atoms with Gasteiger partial charge in [0.15, 0.2) is 11.5 Å². The minimum absolute atomic E-state index is 0.148. The first-order chi connectivity index (χ1) is 15.3. The van der Waals surface area contributed by atoms with Crippen LogP contribution in [0.3, 0.4) is 0 Å². The zero-order valence-corrected chi connectivity index (χ0v) is 20.6. The molecule has 3 rings (SSSR count). The van der Waals surface area contributed by atoms with Gasteiger partial charge >= 0.3 is 0 Å². The number of oxime groups is 1. The first-order valence-electron chi connectivity index (χ1n) is 9.92. The van der Waals surface area contributed by atoms with Crippen LogP contribution >= 0.6 is 31.9 Å². The number of anilines is 1. The maximum absolute atomic E-state index is 12.6. The molecule has 6 nitrogen and oxygen atoms in total. The third kappa shape index (κ3) is 5.49. The fraction of sp³-hybridized carbons (Fsp3) is 0.167. The number of phenols is 1. The Balaban J connectivity index is 1.87. The van der Waals surface area contributed by atoms with Gasteiger partial charge in [-0.2, -0.15) is 0 Å². The molecule has 0 bridgehead atoms. The van der Waals surface area contributed by atoms with Crippen molar-refractivity contribution in [2.75, 3.05) is 5.32 Å². The monoisotopic (exact) mass is 560 g/mol. The smallest absolute Gasteiger partial charge is 0.278 e. The topological polar surface area (TPSA) is 91.2 Å². The van der Waals surface area contributed by atoms with Gasteiger partial charge in [0.25, 0.3) is 5.91 Å². The first-order valence-corrected chi connectivity index (χ1v) is 11.5. The molecule has 0 aliphatic rings. The van der Waals surface area contributed by atoms with E-state index in [1.54, 1.807) is 48.5 Å². The number of ether oxygens (including phenoxy) is 1. The number of phenolic OH excluding ortho intramolecular Hbond substituents is 1. The SMILES string of the molecule is CCC(C)c1cc(Oc2c(Br)cc(/C(=N\O)C(=O)Nc3ccccc3)cc2Br)ccc1O. The Morgan fingerprint density at radius 3 is 2.34 bits per heavy atom. The number of hydrogen-bond acceptors (Lipinski definition) is 5. The number of hydrogen-bond donors (Lipinski definition) is 3. The number of aromatic hydroxyl groups is 1. The molecule has 3 N–H and O–H groups in total. The van der Waals surface area contributed by atoms with Gasteiger partial charge in [0.2, 0.25) is 0 Å². The maximum Gasteiger partial charge on any atom is 0.278 e. The normalized spacial score (nSPS) is 12.3. The maximum atomic E-state index is 12.6. The fourth-order valence-corrected chi connectivity index (χ4v) is 4.42. The molecule has 0 saturated heterocycles. The summed E-state index contributed by atoms with van der Waals surface area (Å²) >= 11 is 6.94. The van der Waals surface area contributed by atoms with E-state index in [1.165, 1.54) is 0 Å². The molecule has 1 unspecified atom stereocenters. The molecular formula is C24H22Br2N2O4. The summed E-state index contributed by atoms with van der Waals surface area (Å²) in [5.74, 6) is 0.899. The van der Waals surface area contributed by atoms with Gasteiger partial charge < -0.3 is 20.4 Å². The van der Waals surface area contributed by atoms with Crippen LogP contribution in [0.25, 0.3) is 0 Å². The van der Waals surface area contributed by atoms with E-state index in [-0.39, 0.29) is 17.4 Å². The van der Waals surface area contributed by atoms with Gasteiger partial charge in [-0.3, -0.25) is 4.79 Å². The number of para-hydroxylation sites is 1. The van der Waals surface area contributed by atoms with Crippen molar-refractivity contribution in [1.82, 2.24) is 0 Å². The molecule has 0 radical (unpaired) electrons. The summed E-state index contributed by atoms with van der Waals surface area (Å²) in [5.41, 5.74) is 1.63. The van der Waals surface area contributed by atoms with Crippen molar-refractivity contribution in [2.45, 2.75) is 26.2 Å². The molecule has 3 aromatic rings. The molecule has 0 spiro atoms. The van der Waals surface area contributed by atoms with Crippen molar-refractivity contribution >= 4 is 49.2 Å².